The van der Waals surface area contributed by atoms with E-state index in [1.54, 1.807) is 6.07 Å². The molecule has 2 aliphatic heterocycles. The van der Waals surface area contributed by atoms with E-state index in [9.17, 15) is 4.39 Å². The van der Waals surface area contributed by atoms with Crippen molar-refractivity contribution >= 4 is 17.2 Å². The van der Waals surface area contributed by atoms with Crippen molar-refractivity contribution in [3.05, 3.63) is 48.4 Å². The number of halogens is 1. The predicted molar refractivity (Wildman–Crippen MR) is 115 cm³/mol. The van der Waals surface area contributed by atoms with Crippen molar-refractivity contribution in [1.82, 2.24) is 4.98 Å². The molecule has 1 atom stereocenters. The Balaban J connectivity index is 1.48. The second kappa shape index (κ2) is 8.80. The smallest absolute Gasteiger partial charge is 0.130 e. The Morgan fingerprint density at radius 2 is 1.93 bits per heavy atom. The molecule has 0 saturated carbocycles. The van der Waals surface area contributed by atoms with Crippen molar-refractivity contribution in [1.29, 1.82) is 0 Å². The SMILES string of the molecule is CCCN(c1cccc(F)c1)[C@H]1CCN(c2cc(N3CCCCC3)ccn2)C1. The van der Waals surface area contributed by atoms with E-state index in [0.29, 0.717) is 6.04 Å². The van der Waals surface area contributed by atoms with Gasteiger partial charge in [0.2, 0.25) is 0 Å². The summed E-state index contributed by atoms with van der Waals surface area (Å²) in [7, 11) is 0. The minimum absolute atomic E-state index is 0.163. The molecule has 0 aliphatic carbocycles. The molecule has 0 unspecified atom stereocenters. The maximum absolute atomic E-state index is 13.8. The summed E-state index contributed by atoms with van der Waals surface area (Å²) in [6.07, 6.45) is 7.98. The van der Waals surface area contributed by atoms with Gasteiger partial charge in [-0.3, -0.25) is 0 Å². The molecule has 2 fully saturated rings. The molecule has 3 heterocycles. The Bertz CT molecular complexity index is 775. The van der Waals surface area contributed by atoms with E-state index in [4.69, 9.17) is 0 Å². The van der Waals surface area contributed by atoms with Crippen molar-refractivity contribution in [2.75, 3.05) is 47.4 Å². The van der Waals surface area contributed by atoms with Gasteiger partial charge >= 0.3 is 0 Å². The first-order valence-corrected chi connectivity index (χ1v) is 10.7. The summed E-state index contributed by atoms with van der Waals surface area (Å²) in [6.45, 7) is 7.36. The Morgan fingerprint density at radius 3 is 2.71 bits per heavy atom. The van der Waals surface area contributed by atoms with Gasteiger partial charge < -0.3 is 14.7 Å². The molecule has 0 radical (unpaired) electrons. The summed E-state index contributed by atoms with van der Waals surface area (Å²) in [5.41, 5.74) is 2.28. The molecule has 4 nitrogen and oxygen atoms in total. The number of benzene rings is 1. The molecule has 28 heavy (non-hydrogen) atoms. The van der Waals surface area contributed by atoms with Gasteiger partial charge in [-0.1, -0.05) is 13.0 Å². The van der Waals surface area contributed by atoms with Crippen molar-refractivity contribution < 1.29 is 4.39 Å². The highest BCUT2D eigenvalue weighted by molar-refractivity contribution is 5.56. The number of piperidine rings is 1. The molecule has 2 aliphatic rings. The zero-order valence-corrected chi connectivity index (χ0v) is 16.9. The van der Waals surface area contributed by atoms with Crippen LogP contribution in [0, 0.1) is 5.82 Å². The maximum Gasteiger partial charge on any atom is 0.130 e. The van der Waals surface area contributed by atoms with Crippen molar-refractivity contribution in [2.45, 2.75) is 45.1 Å². The molecule has 0 amide bonds. The van der Waals surface area contributed by atoms with Crippen LogP contribution in [0.5, 0.6) is 0 Å². The lowest BCUT2D eigenvalue weighted by Gasteiger charge is -2.32. The lowest BCUT2D eigenvalue weighted by atomic mass is 10.1. The predicted octanol–water partition coefficient (Wildman–Crippen LogP) is 4.71. The lowest BCUT2D eigenvalue weighted by molar-refractivity contribution is 0.577. The minimum atomic E-state index is -0.163. The molecule has 2 aromatic rings. The summed E-state index contributed by atoms with van der Waals surface area (Å²) in [6, 6.07) is 11.8. The highest BCUT2D eigenvalue weighted by Crippen LogP contribution is 2.29. The molecule has 0 bridgehead atoms. The van der Waals surface area contributed by atoms with Crippen molar-refractivity contribution in [2.24, 2.45) is 0 Å². The van der Waals surface area contributed by atoms with Gasteiger partial charge in [0, 0.05) is 62.4 Å². The molecular formula is C23H31FN4. The van der Waals surface area contributed by atoms with Crippen molar-refractivity contribution in [3.63, 3.8) is 0 Å². The summed E-state index contributed by atoms with van der Waals surface area (Å²) in [5, 5.41) is 0. The monoisotopic (exact) mass is 382 g/mol. The van der Waals surface area contributed by atoms with Crippen LogP contribution < -0.4 is 14.7 Å². The Labute approximate surface area is 168 Å². The third kappa shape index (κ3) is 4.23. The van der Waals surface area contributed by atoms with Crippen LogP contribution in [0.3, 0.4) is 0 Å². The normalized spacial score (nSPS) is 19.9. The zero-order valence-electron chi connectivity index (χ0n) is 16.9. The number of aromatic nitrogens is 1. The summed E-state index contributed by atoms with van der Waals surface area (Å²) in [5.74, 6) is 0.908. The average molecular weight is 383 g/mol. The van der Waals surface area contributed by atoms with Crippen LogP contribution in [-0.4, -0.2) is 43.7 Å². The quantitative estimate of drug-likeness (QED) is 0.722. The molecule has 5 heteroatoms. The molecule has 4 rings (SSSR count). The van der Waals surface area contributed by atoms with Gasteiger partial charge in [-0.15, -0.1) is 0 Å². The number of anilines is 3. The fourth-order valence-corrected chi connectivity index (χ4v) is 4.55. The number of pyridine rings is 1. The minimum Gasteiger partial charge on any atom is -0.371 e. The van der Waals surface area contributed by atoms with Gasteiger partial charge in [0.25, 0.3) is 0 Å². The number of rotatable bonds is 6. The van der Waals surface area contributed by atoms with Crippen LogP contribution in [0.25, 0.3) is 0 Å². The third-order valence-electron chi connectivity index (χ3n) is 5.98. The topological polar surface area (TPSA) is 22.6 Å². The molecular weight excluding hydrogens is 351 g/mol. The highest BCUT2D eigenvalue weighted by atomic mass is 19.1. The molecule has 1 aromatic carbocycles. The van der Waals surface area contributed by atoms with Gasteiger partial charge in [-0.05, 0) is 56.4 Å². The molecule has 1 aromatic heterocycles. The van der Waals surface area contributed by atoms with Crippen LogP contribution in [-0.2, 0) is 0 Å². The van der Waals surface area contributed by atoms with E-state index in [1.165, 1.54) is 31.0 Å². The van der Waals surface area contributed by atoms with E-state index in [1.807, 2.05) is 18.3 Å². The second-order valence-electron chi connectivity index (χ2n) is 7.98. The first-order valence-electron chi connectivity index (χ1n) is 10.7. The van der Waals surface area contributed by atoms with Crippen LogP contribution >= 0.6 is 0 Å². The lowest BCUT2D eigenvalue weighted by Crippen LogP contribution is -2.38. The van der Waals surface area contributed by atoms with E-state index in [0.717, 1.165) is 57.1 Å². The van der Waals surface area contributed by atoms with Gasteiger partial charge in [-0.25, -0.2) is 9.37 Å². The maximum atomic E-state index is 13.8. The largest absolute Gasteiger partial charge is 0.371 e. The number of hydrogen-bond acceptors (Lipinski definition) is 4. The van der Waals surface area contributed by atoms with E-state index < -0.39 is 0 Å². The van der Waals surface area contributed by atoms with E-state index in [2.05, 4.69) is 38.7 Å². The Morgan fingerprint density at radius 1 is 1.07 bits per heavy atom. The fraction of sp³-hybridized carbons (Fsp3) is 0.522. The van der Waals surface area contributed by atoms with Gasteiger partial charge in [-0.2, -0.15) is 0 Å². The molecule has 0 N–H and O–H groups in total. The van der Waals surface area contributed by atoms with E-state index in [-0.39, 0.29) is 5.82 Å². The van der Waals surface area contributed by atoms with Gasteiger partial charge in [0.15, 0.2) is 0 Å². The first-order chi connectivity index (χ1) is 13.7. The summed E-state index contributed by atoms with van der Waals surface area (Å²) in [4.78, 5) is 11.9. The van der Waals surface area contributed by atoms with Crippen LogP contribution in [0.2, 0.25) is 0 Å². The molecule has 2 saturated heterocycles. The summed E-state index contributed by atoms with van der Waals surface area (Å²) >= 11 is 0. The number of nitrogens with zero attached hydrogens (tertiary/aromatic N) is 4. The third-order valence-corrected chi connectivity index (χ3v) is 5.98. The molecule has 150 valence electrons. The van der Waals surface area contributed by atoms with Gasteiger partial charge in [0.05, 0.1) is 0 Å². The highest BCUT2D eigenvalue weighted by Gasteiger charge is 2.29. The fourth-order valence-electron chi connectivity index (χ4n) is 4.55. The zero-order chi connectivity index (χ0) is 19.3. The standard InChI is InChI=1S/C23H31FN4/c1-2-12-28(21-8-6-7-19(24)16-21)22-10-15-27(18-22)23-17-20(9-11-25-23)26-13-4-3-5-14-26/h6-9,11,16-17,22H,2-5,10,12-15,18H2,1H3/t22-/m0/s1. The van der Waals surface area contributed by atoms with Crippen molar-refractivity contribution in [3.8, 4) is 0 Å². The van der Waals surface area contributed by atoms with Crippen LogP contribution in [0.15, 0.2) is 42.6 Å². The Hall–Kier alpha value is -2.30. The molecule has 0 spiro atoms. The van der Waals surface area contributed by atoms with E-state index >= 15 is 0 Å². The summed E-state index contributed by atoms with van der Waals surface area (Å²) < 4.78 is 13.8. The van der Waals surface area contributed by atoms with Crippen LogP contribution in [0.4, 0.5) is 21.6 Å². The van der Waals surface area contributed by atoms with Gasteiger partial charge in [0.1, 0.15) is 11.6 Å². The Kier molecular flexibility index (Phi) is 5.98. The van der Waals surface area contributed by atoms with Crippen LogP contribution in [0.1, 0.15) is 39.0 Å². The number of hydrogen-bond donors (Lipinski definition) is 0. The second-order valence-corrected chi connectivity index (χ2v) is 7.98. The first kappa shape index (κ1) is 19.0. The average Bonchev–Trinajstić information content (AvgIpc) is 3.23.